The summed E-state index contributed by atoms with van der Waals surface area (Å²) >= 11 is 0. The number of benzene rings is 1. The number of pyridine rings is 1. The Hall–Kier alpha value is -2.07. The first-order chi connectivity index (χ1) is 9.15. The van der Waals surface area contributed by atoms with Crippen LogP contribution in [-0.4, -0.2) is 4.57 Å². The number of aryl methyl sites for hydroxylation is 1. The van der Waals surface area contributed by atoms with Crippen molar-refractivity contribution < 1.29 is 0 Å². The Morgan fingerprint density at radius 2 is 1.95 bits per heavy atom. The van der Waals surface area contributed by atoms with E-state index < -0.39 is 0 Å². The van der Waals surface area contributed by atoms with Crippen LogP contribution in [0.25, 0.3) is 0 Å². The van der Waals surface area contributed by atoms with E-state index in [9.17, 15) is 4.79 Å². The number of rotatable bonds is 2. The maximum atomic E-state index is 11.4. The van der Waals surface area contributed by atoms with E-state index in [1.807, 2.05) is 24.4 Å². The molecule has 98 valence electrons. The van der Waals surface area contributed by atoms with Gasteiger partial charge in [0.15, 0.2) is 0 Å². The summed E-state index contributed by atoms with van der Waals surface area (Å²) in [7, 11) is 1.75. The van der Waals surface area contributed by atoms with E-state index >= 15 is 0 Å². The fourth-order valence-electron chi connectivity index (χ4n) is 2.69. The van der Waals surface area contributed by atoms with Crippen LogP contribution in [0.5, 0.6) is 0 Å². The van der Waals surface area contributed by atoms with E-state index in [-0.39, 0.29) is 17.6 Å². The summed E-state index contributed by atoms with van der Waals surface area (Å²) in [4.78, 5) is 11.4. The Labute approximate surface area is 111 Å². The monoisotopic (exact) mass is 255 g/mol. The van der Waals surface area contributed by atoms with Crippen LogP contribution in [0.3, 0.4) is 0 Å². The summed E-state index contributed by atoms with van der Waals surface area (Å²) in [5, 5.41) is 3.46. The smallest absolute Gasteiger partial charge is 0.250 e. The van der Waals surface area contributed by atoms with Crippen molar-refractivity contribution in [1.82, 2.24) is 4.57 Å². The number of nitrogens with two attached hydrogens (primary N) is 1. The molecule has 1 heterocycles. The van der Waals surface area contributed by atoms with Gasteiger partial charge in [0, 0.05) is 25.4 Å². The minimum Gasteiger partial charge on any atom is -0.377 e. The first kappa shape index (κ1) is 12.0. The molecule has 1 aromatic heterocycles. The van der Waals surface area contributed by atoms with Gasteiger partial charge in [0.1, 0.15) is 0 Å². The molecule has 0 saturated heterocycles. The molecule has 2 unspecified atom stereocenters. The second-order valence-electron chi connectivity index (χ2n) is 5.03. The SMILES string of the molecule is Cn1cc(NC2CC(N)c3ccccc32)ccc1=O. The van der Waals surface area contributed by atoms with Crippen molar-refractivity contribution in [3.05, 3.63) is 64.1 Å². The lowest BCUT2D eigenvalue weighted by Crippen LogP contribution is -2.16. The summed E-state index contributed by atoms with van der Waals surface area (Å²) in [5.41, 5.74) is 9.55. The summed E-state index contributed by atoms with van der Waals surface area (Å²) in [6.07, 6.45) is 2.69. The van der Waals surface area contributed by atoms with Crippen molar-refractivity contribution in [2.24, 2.45) is 12.8 Å². The van der Waals surface area contributed by atoms with Gasteiger partial charge in [0.25, 0.3) is 0 Å². The first-order valence-corrected chi connectivity index (χ1v) is 6.43. The van der Waals surface area contributed by atoms with Gasteiger partial charge in [-0.15, -0.1) is 0 Å². The van der Waals surface area contributed by atoms with Crippen molar-refractivity contribution in [2.75, 3.05) is 5.32 Å². The standard InChI is InChI=1S/C15H17N3O/c1-18-9-10(6-7-15(18)19)17-14-8-13(16)11-4-2-3-5-12(11)14/h2-7,9,13-14,17H,8,16H2,1H3. The maximum Gasteiger partial charge on any atom is 0.250 e. The van der Waals surface area contributed by atoms with Crippen LogP contribution in [0.15, 0.2) is 47.4 Å². The molecule has 19 heavy (non-hydrogen) atoms. The predicted octanol–water partition coefficient (Wildman–Crippen LogP) is 1.94. The van der Waals surface area contributed by atoms with Crippen molar-refractivity contribution in [3.63, 3.8) is 0 Å². The number of hydrogen-bond donors (Lipinski definition) is 2. The van der Waals surface area contributed by atoms with Crippen molar-refractivity contribution in [2.45, 2.75) is 18.5 Å². The zero-order chi connectivity index (χ0) is 13.4. The van der Waals surface area contributed by atoms with E-state index in [1.54, 1.807) is 17.7 Å². The fraction of sp³-hybridized carbons (Fsp3) is 0.267. The van der Waals surface area contributed by atoms with Gasteiger partial charge < -0.3 is 15.6 Å². The molecule has 1 aliphatic rings. The van der Waals surface area contributed by atoms with Crippen molar-refractivity contribution >= 4 is 5.69 Å². The summed E-state index contributed by atoms with van der Waals surface area (Å²) in [6.45, 7) is 0. The Balaban J connectivity index is 1.89. The number of aromatic nitrogens is 1. The third kappa shape index (κ3) is 2.15. The Bertz CT molecular complexity index is 662. The van der Waals surface area contributed by atoms with E-state index in [2.05, 4.69) is 17.4 Å². The average molecular weight is 255 g/mol. The van der Waals surface area contributed by atoms with Crippen LogP contribution in [-0.2, 0) is 7.05 Å². The first-order valence-electron chi connectivity index (χ1n) is 6.43. The molecule has 4 nitrogen and oxygen atoms in total. The zero-order valence-electron chi connectivity index (χ0n) is 10.8. The van der Waals surface area contributed by atoms with Crippen LogP contribution in [0.1, 0.15) is 29.6 Å². The molecule has 0 fully saturated rings. The Morgan fingerprint density at radius 3 is 2.68 bits per heavy atom. The molecular formula is C15H17N3O. The number of nitrogens with zero attached hydrogens (tertiary/aromatic N) is 1. The van der Waals surface area contributed by atoms with Crippen LogP contribution >= 0.6 is 0 Å². The van der Waals surface area contributed by atoms with E-state index in [4.69, 9.17) is 5.73 Å². The fourth-order valence-corrected chi connectivity index (χ4v) is 2.69. The minimum absolute atomic E-state index is 0.00549. The van der Waals surface area contributed by atoms with Crippen molar-refractivity contribution in [1.29, 1.82) is 0 Å². The molecule has 4 heteroatoms. The largest absolute Gasteiger partial charge is 0.377 e. The molecule has 0 aliphatic heterocycles. The molecule has 0 spiro atoms. The number of hydrogen-bond acceptors (Lipinski definition) is 3. The molecule has 1 aromatic carbocycles. The third-order valence-corrected chi connectivity index (χ3v) is 3.69. The lowest BCUT2D eigenvalue weighted by molar-refractivity contribution is 0.647. The minimum atomic E-state index is -0.00549. The van der Waals surface area contributed by atoms with E-state index in [0.717, 1.165) is 12.1 Å². The van der Waals surface area contributed by atoms with E-state index in [1.165, 1.54) is 11.1 Å². The van der Waals surface area contributed by atoms with Gasteiger partial charge in [-0.25, -0.2) is 0 Å². The molecular weight excluding hydrogens is 238 g/mol. The summed E-state index contributed by atoms with van der Waals surface area (Å²) in [6, 6.07) is 11.9. The lowest BCUT2D eigenvalue weighted by Gasteiger charge is -2.16. The van der Waals surface area contributed by atoms with Crippen LogP contribution in [0.2, 0.25) is 0 Å². The highest BCUT2D eigenvalue weighted by Gasteiger charge is 2.27. The molecule has 1 aliphatic carbocycles. The summed E-state index contributed by atoms with van der Waals surface area (Å²) in [5.74, 6) is 0. The molecule has 0 saturated carbocycles. The van der Waals surface area contributed by atoms with Gasteiger partial charge in [-0.2, -0.15) is 0 Å². The third-order valence-electron chi connectivity index (χ3n) is 3.69. The highest BCUT2D eigenvalue weighted by Crippen LogP contribution is 2.38. The van der Waals surface area contributed by atoms with Gasteiger partial charge in [-0.1, -0.05) is 24.3 Å². The zero-order valence-corrected chi connectivity index (χ0v) is 10.8. The quantitative estimate of drug-likeness (QED) is 0.862. The van der Waals surface area contributed by atoms with E-state index in [0.29, 0.717) is 0 Å². The van der Waals surface area contributed by atoms with Gasteiger partial charge in [-0.05, 0) is 23.6 Å². The van der Waals surface area contributed by atoms with Gasteiger partial charge in [0.05, 0.1) is 11.7 Å². The molecule has 0 amide bonds. The molecule has 3 rings (SSSR count). The normalized spacial score (nSPS) is 21.2. The number of fused-ring (bicyclic) bond motifs is 1. The predicted molar refractivity (Wildman–Crippen MR) is 76.0 cm³/mol. The van der Waals surface area contributed by atoms with Gasteiger partial charge in [-0.3, -0.25) is 4.79 Å². The maximum absolute atomic E-state index is 11.4. The molecule has 3 N–H and O–H groups in total. The highest BCUT2D eigenvalue weighted by atomic mass is 16.1. The van der Waals surface area contributed by atoms with Crippen LogP contribution < -0.4 is 16.6 Å². The molecule has 2 atom stereocenters. The second-order valence-corrected chi connectivity index (χ2v) is 5.03. The lowest BCUT2D eigenvalue weighted by atomic mass is 10.1. The van der Waals surface area contributed by atoms with Gasteiger partial charge >= 0.3 is 0 Å². The number of anilines is 1. The molecule has 0 bridgehead atoms. The Morgan fingerprint density at radius 1 is 1.21 bits per heavy atom. The molecule has 2 aromatic rings. The van der Waals surface area contributed by atoms with Crippen molar-refractivity contribution in [3.8, 4) is 0 Å². The van der Waals surface area contributed by atoms with Gasteiger partial charge in [0.2, 0.25) is 5.56 Å². The highest BCUT2D eigenvalue weighted by molar-refractivity contribution is 5.47. The summed E-state index contributed by atoms with van der Waals surface area (Å²) < 4.78 is 1.57. The topological polar surface area (TPSA) is 60.1 Å². The van der Waals surface area contributed by atoms with Crippen LogP contribution in [0.4, 0.5) is 5.69 Å². The number of nitrogens with one attached hydrogen (secondary N) is 1. The Kier molecular flexibility index (Phi) is 2.87. The van der Waals surface area contributed by atoms with Crippen LogP contribution in [0, 0.1) is 0 Å². The average Bonchev–Trinajstić information content (AvgIpc) is 2.72. The second kappa shape index (κ2) is 4.55. The molecule has 0 radical (unpaired) electrons.